The number of nitrogens with zero attached hydrogens (tertiary/aromatic N) is 1. The molecule has 1 aliphatic rings. The van der Waals surface area contributed by atoms with Gasteiger partial charge in [-0.2, -0.15) is 0 Å². The van der Waals surface area contributed by atoms with E-state index >= 15 is 0 Å². The summed E-state index contributed by atoms with van der Waals surface area (Å²) in [7, 11) is 1.67. The molecule has 0 spiro atoms. The highest BCUT2D eigenvalue weighted by atomic mass is 16.5. The first kappa shape index (κ1) is 16.4. The number of amides is 1. The molecule has 5 nitrogen and oxygen atoms in total. The largest absolute Gasteiger partial charge is 0.382 e. The normalized spacial score (nSPS) is 20.0. The van der Waals surface area contributed by atoms with Gasteiger partial charge < -0.3 is 19.7 Å². The summed E-state index contributed by atoms with van der Waals surface area (Å²) in [6, 6.07) is 0.0386. The Morgan fingerprint density at radius 1 is 1.32 bits per heavy atom. The van der Waals surface area contributed by atoms with Crippen LogP contribution in [0.15, 0.2) is 0 Å². The van der Waals surface area contributed by atoms with Crippen LogP contribution in [0.4, 0.5) is 0 Å². The minimum atomic E-state index is 0.0386. The molecule has 0 saturated carbocycles. The van der Waals surface area contributed by atoms with Crippen LogP contribution in [-0.2, 0) is 14.3 Å². The van der Waals surface area contributed by atoms with Crippen LogP contribution in [0.3, 0.4) is 0 Å². The number of ether oxygens (including phenoxy) is 2. The van der Waals surface area contributed by atoms with Gasteiger partial charge in [-0.1, -0.05) is 6.92 Å². The molecule has 0 aromatic carbocycles. The maximum atomic E-state index is 12.1. The first-order valence-electron chi connectivity index (χ1n) is 7.38. The number of unbranched alkanes of at least 4 members (excludes halogenated alkanes) is 1. The van der Waals surface area contributed by atoms with E-state index in [1.807, 2.05) is 11.8 Å². The Morgan fingerprint density at radius 2 is 2.16 bits per heavy atom. The molecule has 0 aromatic rings. The summed E-state index contributed by atoms with van der Waals surface area (Å²) in [5.74, 6) is 0.272. The molecule has 5 heteroatoms. The molecule has 1 rings (SSSR count). The Hall–Kier alpha value is -0.650. The highest BCUT2D eigenvalue weighted by molar-refractivity contribution is 5.82. The van der Waals surface area contributed by atoms with Gasteiger partial charge in [0, 0.05) is 26.8 Å². The SMILES string of the molecule is CCNC1CCCN(CCCCOCCOC)C1=O. The second kappa shape index (κ2) is 10.2. The Kier molecular flexibility index (Phi) is 8.79. The van der Waals surface area contributed by atoms with E-state index in [4.69, 9.17) is 9.47 Å². The lowest BCUT2D eigenvalue weighted by atomic mass is 10.0. The van der Waals surface area contributed by atoms with Gasteiger partial charge in [0.15, 0.2) is 0 Å². The van der Waals surface area contributed by atoms with E-state index in [1.165, 1.54) is 0 Å². The predicted octanol–water partition coefficient (Wildman–Crippen LogP) is 1.03. The molecule has 0 bridgehead atoms. The van der Waals surface area contributed by atoms with Crippen LogP contribution in [0.2, 0.25) is 0 Å². The Morgan fingerprint density at radius 3 is 2.89 bits per heavy atom. The number of carbonyl (C=O) groups excluding carboxylic acids is 1. The monoisotopic (exact) mass is 272 g/mol. The third kappa shape index (κ3) is 6.36. The predicted molar refractivity (Wildman–Crippen MR) is 75.2 cm³/mol. The van der Waals surface area contributed by atoms with Crippen molar-refractivity contribution < 1.29 is 14.3 Å². The third-order valence-corrected chi connectivity index (χ3v) is 3.38. The van der Waals surface area contributed by atoms with E-state index < -0.39 is 0 Å². The smallest absolute Gasteiger partial charge is 0.239 e. The van der Waals surface area contributed by atoms with Crippen molar-refractivity contribution in [2.75, 3.05) is 46.6 Å². The van der Waals surface area contributed by atoms with Crippen LogP contribution in [0.5, 0.6) is 0 Å². The topological polar surface area (TPSA) is 50.8 Å². The van der Waals surface area contributed by atoms with Crippen molar-refractivity contribution >= 4 is 5.91 Å². The van der Waals surface area contributed by atoms with E-state index in [9.17, 15) is 4.79 Å². The molecular weight excluding hydrogens is 244 g/mol. The zero-order valence-corrected chi connectivity index (χ0v) is 12.3. The summed E-state index contributed by atoms with van der Waals surface area (Å²) < 4.78 is 10.3. The van der Waals surface area contributed by atoms with Crippen molar-refractivity contribution in [2.24, 2.45) is 0 Å². The van der Waals surface area contributed by atoms with E-state index in [-0.39, 0.29) is 11.9 Å². The van der Waals surface area contributed by atoms with Crippen molar-refractivity contribution in [3.8, 4) is 0 Å². The van der Waals surface area contributed by atoms with Crippen molar-refractivity contribution in [1.82, 2.24) is 10.2 Å². The number of piperidine rings is 1. The van der Waals surface area contributed by atoms with Crippen LogP contribution in [0.25, 0.3) is 0 Å². The molecule has 0 radical (unpaired) electrons. The highest BCUT2D eigenvalue weighted by Gasteiger charge is 2.27. The van der Waals surface area contributed by atoms with Crippen molar-refractivity contribution in [3.63, 3.8) is 0 Å². The van der Waals surface area contributed by atoms with Gasteiger partial charge in [-0.3, -0.25) is 4.79 Å². The van der Waals surface area contributed by atoms with E-state index in [0.29, 0.717) is 13.2 Å². The molecule has 1 amide bonds. The van der Waals surface area contributed by atoms with Gasteiger partial charge in [0.05, 0.1) is 19.3 Å². The van der Waals surface area contributed by atoms with Gasteiger partial charge in [0.1, 0.15) is 0 Å². The fourth-order valence-electron chi connectivity index (χ4n) is 2.35. The molecule has 1 fully saturated rings. The molecule has 19 heavy (non-hydrogen) atoms. The van der Waals surface area contributed by atoms with Gasteiger partial charge in [-0.15, -0.1) is 0 Å². The Labute approximate surface area is 116 Å². The number of likely N-dealkylation sites (N-methyl/N-ethyl adjacent to an activating group) is 1. The van der Waals surface area contributed by atoms with Crippen LogP contribution >= 0.6 is 0 Å². The van der Waals surface area contributed by atoms with E-state index in [0.717, 1.165) is 51.9 Å². The molecule has 1 aliphatic heterocycles. The van der Waals surface area contributed by atoms with Gasteiger partial charge in [0.25, 0.3) is 0 Å². The number of likely N-dealkylation sites (tertiary alicyclic amines) is 1. The molecule has 1 heterocycles. The molecular formula is C14H28N2O3. The standard InChI is InChI=1S/C14H28N2O3/c1-3-15-13-7-6-9-16(14(13)17)8-4-5-10-19-12-11-18-2/h13,15H,3-12H2,1-2H3. The Bertz CT molecular complexity index is 247. The summed E-state index contributed by atoms with van der Waals surface area (Å²) in [4.78, 5) is 14.1. The summed E-state index contributed by atoms with van der Waals surface area (Å²) in [6.07, 6.45) is 4.09. The molecule has 112 valence electrons. The minimum Gasteiger partial charge on any atom is -0.382 e. The molecule has 0 aliphatic carbocycles. The first-order valence-corrected chi connectivity index (χ1v) is 7.38. The quantitative estimate of drug-likeness (QED) is 0.604. The van der Waals surface area contributed by atoms with Crippen LogP contribution in [-0.4, -0.2) is 63.4 Å². The van der Waals surface area contributed by atoms with Crippen molar-refractivity contribution in [3.05, 3.63) is 0 Å². The fourth-order valence-corrected chi connectivity index (χ4v) is 2.35. The van der Waals surface area contributed by atoms with Crippen LogP contribution in [0.1, 0.15) is 32.6 Å². The zero-order chi connectivity index (χ0) is 13.9. The van der Waals surface area contributed by atoms with Crippen molar-refractivity contribution in [1.29, 1.82) is 0 Å². The summed E-state index contributed by atoms with van der Waals surface area (Å²) in [6.45, 7) is 6.72. The highest BCUT2D eigenvalue weighted by Crippen LogP contribution is 2.12. The molecule has 1 unspecified atom stereocenters. The second-order valence-corrected chi connectivity index (χ2v) is 4.89. The van der Waals surface area contributed by atoms with E-state index in [2.05, 4.69) is 5.32 Å². The molecule has 0 aromatic heterocycles. The zero-order valence-electron chi connectivity index (χ0n) is 12.3. The number of hydrogen-bond donors (Lipinski definition) is 1. The summed E-state index contributed by atoms with van der Waals surface area (Å²) in [5.41, 5.74) is 0. The maximum absolute atomic E-state index is 12.1. The van der Waals surface area contributed by atoms with Gasteiger partial charge in [-0.05, 0) is 32.2 Å². The third-order valence-electron chi connectivity index (χ3n) is 3.38. The lowest BCUT2D eigenvalue weighted by Crippen LogP contribution is -2.50. The number of nitrogens with one attached hydrogen (secondary N) is 1. The maximum Gasteiger partial charge on any atom is 0.239 e. The Balaban J connectivity index is 2.09. The number of hydrogen-bond acceptors (Lipinski definition) is 4. The second-order valence-electron chi connectivity index (χ2n) is 4.89. The average molecular weight is 272 g/mol. The van der Waals surface area contributed by atoms with Gasteiger partial charge >= 0.3 is 0 Å². The molecule has 1 saturated heterocycles. The van der Waals surface area contributed by atoms with E-state index in [1.54, 1.807) is 7.11 Å². The first-order chi connectivity index (χ1) is 9.29. The molecule has 1 atom stereocenters. The lowest BCUT2D eigenvalue weighted by molar-refractivity contribution is -0.136. The number of carbonyl (C=O) groups is 1. The van der Waals surface area contributed by atoms with Crippen molar-refractivity contribution in [2.45, 2.75) is 38.6 Å². The lowest BCUT2D eigenvalue weighted by Gasteiger charge is -2.32. The number of rotatable bonds is 10. The average Bonchev–Trinajstić information content (AvgIpc) is 2.42. The molecule has 1 N–H and O–H groups in total. The van der Waals surface area contributed by atoms with Crippen LogP contribution in [0, 0.1) is 0 Å². The van der Waals surface area contributed by atoms with Gasteiger partial charge in [0.2, 0.25) is 5.91 Å². The number of methoxy groups -OCH3 is 1. The summed E-state index contributed by atoms with van der Waals surface area (Å²) in [5, 5.41) is 3.26. The minimum absolute atomic E-state index is 0.0386. The fraction of sp³-hybridized carbons (Fsp3) is 0.929. The van der Waals surface area contributed by atoms with Crippen LogP contribution < -0.4 is 5.32 Å². The van der Waals surface area contributed by atoms with Gasteiger partial charge in [-0.25, -0.2) is 0 Å². The summed E-state index contributed by atoms with van der Waals surface area (Å²) >= 11 is 0.